The van der Waals surface area contributed by atoms with Crippen LogP contribution in [0.25, 0.3) is 0 Å². The Morgan fingerprint density at radius 2 is 1.96 bits per heavy atom. The van der Waals surface area contributed by atoms with Crippen molar-refractivity contribution in [2.45, 2.75) is 49.4 Å². The third kappa shape index (κ3) is 5.83. The van der Waals surface area contributed by atoms with Crippen molar-refractivity contribution in [3.8, 4) is 0 Å². The number of likely N-dealkylation sites (tertiary alicyclic amines) is 1. The van der Waals surface area contributed by atoms with Gasteiger partial charge in [0.2, 0.25) is 0 Å². The number of carbonyl (C=O) groups is 1. The summed E-state index contributed by atoms with van der Waals surface area (Å²) in [6, 6.07) is 7.97. The molecule has 2 N–H and O–H groups in total. The molecule has 23 heavy (non-hydrogen) atoms. The summed E-state index contributed by atoms with van der Waals surface area (Å²) >= 11 is 1.81. The van der Waals surface area contributed by atoms with Gasteiger partial charge in [0.05, 0.1) is 6.10 Å². The lowest BCUT2D eigenvalue weighted by Gasteiger charge is -2.32. The Hall–Kier alpha value is -1.04. The second kappa shape index (κ2) is 9.30. The van der Waals surface area contributed by atoms with Gasteiger partial charge in [0, 0.05) is 35.4 Å². The molecular weight excluding hydrogens is 308 g/mol. The van der Waals surface area contributed by atoms with Gasteiger partial charge >= 0.3 is 0 Å². The minimum absolute atomic E-state index is 0.131. The van der Waals surface area contributed by atoms with E-state index in [1.807, 2.05) is 40.9 Å². The number of piperidine rings is 1. The number of rotatable bonds is 7. The molecule has 0 bridgehead atoms. The van der Waals surface area contributed by atoms with E-state index in [4.69, 9.17) is 10.5 Å². The smallest absolute Gasteiger partial charge is 0.253 e. The SMILES string of the molecule is CC(C)Sc1ccc(C(=O)N2CCC(OCCCN)CC2)cc1. The highest BCUT2D eigenvalue weighted by Gasteiger charge is 2.23. The summed E-state index contributed by atoms with van der Waals surface area (Å²) in [6.45, 7) is 7.28. The van der Waals surface area contributed by atoms with Crippen molar-refractivity contribution >= 4 is 17.7 Å². The quantitative estimate of drug-likeness (QED) is 0.614. The van der Waals surface area contributed by atoms with Crippen LogP contribution < -0.4 is 5.73 Å². The molecule has 1 heterocycles. The first kappa shape index (κ1) is 18.3. The zero-order chi connectivity index (χ0) is 16.7. The van der Waals surface area contributed by atoms with Crippen LogP contribution >= 0.6 is 11.8 Å². The number of nitrogens with zero attached hydrogens (tertiary/aromatic N) is 1. The molecule has 5 heteroatoms. The van der Waals surface area contributed by atoms with E-state index < -0.39 is 0 Å². The van der Waals surface area contributed by atoms with Crippen LogP contribution in [0.2, 0.25) is 0 Å². The van der Waals surface area contributed by atoms with Gasteiger partial charge in [-0.05, 0) is 50.1 Å². The Morgan fingerprint density at radius 3 is 2.52 bits per heavy atom. The molecule has 1 aromatic carbocycles. The van der Waals surface area contributed by atoms with Gasteiger partial charge in [-0.3, -0.25) is 4.79 Å². The zero-order valence-electron chi connectivity index (χ0n) is 14.2. The third-order valence-electron chi connectivity index (χ3n) is 3.90. The van der Waals surface area contributed by atoms with Crippen LogP contribution in [0, 0.1) is 0 Å². The van der Waals surface area contributed by atoms with Crippen LogP contribution in [-0.4, -0.2) is 48.4 Å². The Kier molecular flexibility index (Phi) is 7.40. The maximum atomic E-state index is 12.6. The Balaban J connectivity index is 1.82. The number of nitrogens with two attached hydrogens (primary N) is 1. The van der Waals surface area contributed by atoms with E-state index >= 15 is 0 Å². The molecule has 0 unspecified atom stereocenters. The van der Waals surface area contributed by atoms with Crippen LogP contribution in [0.3, 0.4) is 0 Å². The van der Waals surface area contributed by atoms with Crippen LogP contribution in [0.1, 0.15) is 43.5 Å². The van der Waals surface area contributed by atoms with E-state index in [0.29, 0.717) is 11.8 Å². The summed E-state index contributed by atoms with van der Waals surface area (Å²) in [5.74, 6) is 0.131. The van der Waals surface area contributed by atoms with Crippen molar-refractivity contribution in [3.05, 3.63) is 29.8 Å². The van der Waals surface area contributed by atoms with E-state index in [1.165, 1.54) is 4.90 Å². The number of hydrogen-bond acceptors (Lipinski definition) is 4. The van der Waals surface area contributed by atoms with Gasteiger partial charge in [-0.25, -0.2) is 0 Å². The summed E-state index contributed by atoms with van der Waals surface area (Å²) < 4.78 is 5.79. The molecule has 0 atom stereocenters. The van der Waals surface area contributed by atoms with Crippen LogP contribution in [0.4, 0.5) is 0 Å². The van der Waals surface area contributed by atoms with Gasteiger partial charge in [-0.15, -0.1) is 11.8 Å². The largest absolute Gasteiger partial charge is 0.378 e. The fourth-order valence-electron chi connectivity index (χ4n) is 2.69. The van der Waals surface area contributed by atoms with E-state index in [1.54, 1.807) is 0 Å². The van der Waals surface area contributed by atoms with E-state index in [2.05, 4.69) is 13.8 Å². The fraction of sp³-hybridized carbons (Fsp3) is 0.611. The normalized spacial score (nSPS) is 16.1. The lowest BCUT2D eigenvalue weighted by atomic mass is 10.1. The Bertz CT molecular complexity index is 482. The van der Waals surface area contributed by atoms with Crippen molar-refractivity contribution in [2.75, 3.05) is 26.2 Å². The van der Waals surface area contributed by atoms with Gasteiger partial charge in [-0.1, -0.05) is 13.8 Å². The van der Waals surface area contributed by atoms with Crippen molar-refractivity contribution in [1.29, 1.82) is 0 Å². The van der Waals surface area contributed by atoms with E-state index in [9.17, 15) is 4.79 Å². The molecule has 1 fully saturated rings. The molecule has 0 aliphatic carbocycles. The summed E-state index contributed by atoms with van der Waals surface area (Å²) in [4.78, 5) is 15.7. The first-order chi connectivity index (χ1) is 11.1. The average Bonchev–Trinajstić information content (AvgIpc) is 2.55. The maximum Gasteiger partial charge on any atom is 0.253 e. The lowest BCUT2D eigenvalue weighted by molar-refractivity contribution is 0.00844. The fourth-order valence-corrected chi connectivity index (χ4v) is 3.53. The molecule has 4 nitrogen and oxygen atoms in total. The summed E-state index contributed by atoms with van der Waals surface area (Å²) in [7, 11) is 0. The van der Waals surface area contributed by atoms with Crippen molar-refractivity contribution in [2.24, 2.45) is 5.73 Å². The van der Waals surface area contributed by atoms with Gasteiger partial charge in [0.15, 0.2) is 0 Å². The predicted molar refractivity (Wildman–Crippen MR) is 96.0 cm³/mol. The second-order valence-electron chi connectivity index (χ2n) is 6.20. The molecule has 0 aromatic heterocycles. The Labute approximate surface area is 143 Å². The van der Waals surface area contributed by atoms with Gasteiger partial charge < -0.3 is 15.4 Å². The van der Waals surface area contributed by atoms with Gasteiger partial charge in [-0.2, -0.15) is 0 Å². The van der Waals surface area contributed by atoms with E-state index in [-0.39, 0.29) is 12.0 Å². The maximum absolute atomic E-state index is 12.6. The lowest BCUT2D eigenvalue weighted by Crippen LogP contribution is -2.41. The highest BCUT2D eigenvalue weighted by molar-refractivity contribution is 7.99. The van der Waals surface area contributed by atoms with Crippen molar-refractivity contribution < 1.29 is 9.53 Å². The standard InChI is InChI=1S/C18H28N2O2S/c1-14(2)23-17-6-4-15(5-7-17)18(21)20-11-8-16(9-12-20)22-13-3-10-19/h4-7,14,16H,3,8-13,19H2,1-2H3. The molecule has 1 saturated heterocycles. The minimum Gasteiger partial charge on any atom is -0.378 e. The first-order valence-corrected chi connectivity index (χ1v) is 9.35. The number of benzene rings is 1. The van der Waals surface area contributed by atoms with Crippen LogP contribution in [-0.2, 0) is 4.74 Å². The average molecular weight is 337 g/mol. The summed E-state index contributed by atoms with van der Waals surface area (Å²) in [6.07, 6.45) is 3.00. The van der Waals surface area contributed by atoms with Crippen molar-refractivity contribution in [3.63, 3.8) is 0 Å². The van der Waals surface area contributed by atoms with Crippen LogP contribution in [0.15, 0.2) is 29.2 Å². The predicted octanol–water partition coefficient (Wildman–Crippen LogP) is 3.16. The minimum atomic E-state index is 0.131. The van der Waals surface area contributed by atoms with Crippen LogP contribution in [0.5, 0.6) is 0 Å². The second-order valence-corrected chi connectivity index (χ2v) is 7.85. The number of thioether (sulfide) groups is 1. The van der Waals surface area contributed by atoms with Crippen molar-refractivity contribution in [1.82, 2.24) is 4.90 Å². The first-order valence-electron chi connectivity index (χ1n) is 8.48. The third-order valence-corrected chi connectivity index (χ3v) is 4.92. The molecule has 1 amide bonds. The molecule has 0 saturated carbocycles. The van der Waals surface area contributed by atoms with E-state index in [0.717, 1.165) is 44.5 Å². The highest BCUT2D eigenvalue weighted by atomic mass is 32.2. The molecule has 128 valence electrons. The number of carbonyl (C=O) groups excluding carboxylic acids is 1. The Morgan fingerprint density at radius 1 is 1.30 bits per heavy atom. The molecule has 0 spiro atoms. The molecule has 0 radical (unpaired) electrons. The summed E-state index contributed by atoms with van der Waals surface area (Å²) in [5, 5.41) is 0.551. The molecule has 1 aliphatic rings. The zero-order valence-corrected chi connectivity index (χ0v) is 15.0. The number of amides is 1. The molecular formula is C18H28N2O2S. The van der Waals surface area contributed by atoms with Gasteiger partial charge in [0.25, 0.3) is 5.91 Å². The monoisotopic (exact) mass is 336 g/mol. The number of hydrogen-bond donors (Lipinski definition) is 1. The molecule has 1 aromatic rings. The summed E-state index contributed by atoms with van der Waals surface area (Å²) in [5.41, 5.74) is 6.25. The number of ether oxygens (including phenoxy) is 1. The molecule has 1 aliphatic heterocycles. The molecule has 2 rings (SSSR count). The topological polar surface area (TPSA) is 55.6 Å². The van der Waals surface area contributed by atoms with Gasteiger partial charge in [0.1, 0.15) is 0 Å². The highest BCUT2D eigenvalue weighted by Crippen LogP contribution is 2.24.